The molecule has 0 radical (unpaired) electrons. The number of imide groups is 1. The maximum absolute atomic E-state index is 12.9. The molecule has 190 valence electrons. The molecular weight excluding hydrogens is 446 g/mol. The Balaban J connectivity index is 1.26. The van der Waals surface area contributed by atoms with Crippen LogP contribution in [-0.2, 0) is 27.9 Å². The van der Waals surface area contributed by atoms with Crippen molar-refractivity contribution in [1.29, 1.82) is 0 Å². The number of amides is 3. The normalized spacial score (nSPS) is 22.9. The highest BCUT2D eigenvalue weighted by atomic mass is 16.2. The lowest BCUT2D eigenvalue weighted by molar-refractivity contribution is -0.135. The molecule has 0 bridgehead atoms. The maximum Gasteiger partial charge on any atom is 0.329 e. The molecule has 1 unspecified atom stereocenters. The van der Waals surface area contributed by atoms with Crippen LogP contribution in [0.1, 0.15) is 69.4 Å². The van der Waals surface area contributed by atoms with E-state index in [1.54, 1.807) is 11.6 Å². The third-order valence-electron chi connectivity index (χ3n) is 7.62. The number of piperidine rings is 1. The molecule has 9 heteroatoms. The summed E-state index contributed by atoms with van der Waals surface area (Å²) in [6, 6.07) is 5.81. The number of hydrogen-bond donors (Lipinski definition) is 3. The first-order valence-corrected chi connectivity index (χ1v) is 12.9. The monoisotopic (exact) mass is 483 g/mol. The molecule has 3 amide bonds. The second-order valence-corrected chi connectivity index (χ2v) is 9.94. The van der Waals surface area contributed by atoms with Gasteiger partial charge in [0.1, 0.15) is 6.04 Å². The van der Waals surface area contributed by atoms with Gasteiger partial charge in [0, 0.05) is 32.0 Å². The number of nitrogens with zero attached hydrogens (tertiary/aromatic N) is 2. The number of aromatic nitrogens is 2. The van der Waals surface area contributed by atoms with Crippen molar-refractivity contribution in [3.05, 3.63) is 34.2 Å². The van der Waals surface area contributed by atoms with Gasteiger partial charge < -0.3 is 10.6 Å². The van der Waals surface area contributed by atoms with E-state index in [4.69, 9.17) is 0 Å². The summed E-state index contributed by atoms with van der Waals surface area (Å²) >= 11 is 0. The molecule has 9 nitrogen and oxygen atoms in total. The van der Waals surface area contributed by atoms with Crippen molar-refractivity contribution in [2.45, 2.75) is 76.3 Å². The summed E-state index contributed by atoms with van der Waals surface area (Å²) in [4.78, 5) is 49.1. The number of rotatable bonds is 9. The topological polar surface area (TPSA) is 114 Å². The second kappa shape index (κ2) is 11.2. The minimum Gasteiger partial charge on any atom is -0.356 e. The molecule has 2 aromatic rings. The van der Waals surface area contributed by atoms with Crippen LogP contribution in [0, 0.1) is 5.92 Å². The van der Waals surface area contributed by atoms with Crippen LogP contribution in [0.5, 0.6) is 0 Å². The summed E-state index contributed by atoms with van der Waals surface area (Å²) in [5, 5.41) is 8.75. The fraction of sp³-hybridized carbons (Fsp3) is 0.615. The Morgan fingerprint density at radius 1 is 1.03 bits per heavy atom. The number of nitrogens with one attached hydrogen (secondary N) is 3. The van der Waals surface area contributed by atoms with Crippen LogP contribution in [0.3, 0.4) is 0 Å². The Labute approximate surface area is 205 Å². The molecule has 0 spiro atoms. The molecule has 2 fully saturated rings. The fourth-order valence-electron chi connectivity index (χ4n) is 5.43. The number of unbranched alkanes of at least 4 members (excludes halogenated alkanes) is 2. The number of aryl methyl sites for hydroxylation is 2. The van der Waals surface area contributed by atoms with E-state index in [0.717, 1.165) is 62.4 Å². The first-order valence-electron chi connectivity index (χ1n) is 12.9. The van der Waals surface area contributed by atoms with Crippen LogP contribution in [0.15, 0.2) is 23.0 Å². The van der Waals surface area contributed by atoms with E-state index in [1.807, 2.05) is 25.2 Å². The summed E-state index contributed by atoms with van der Waals surface area (Å²) in [6.07, 6.45) is 8.48. The molecule has 1 aliphatic carbocycles. The summed E-state index contributed by atoms with van der Waals surface area (Å²) in [5.41, 5.74) is 2.39. The molecule has 4 rings (SSSR count). The van der Waals surface area contributed by atoms with Crippen LogP contribution in [0.2, 0.25) is 0 Å². The van der Waals surface area contributed by atoms with Gasteiger partial charge >= 0.3 is 5.69 Å². The first kappa shape index (κ1) is 25.2. The molecule has 1 saturated carbocycles. The van der Waals surface area contributed by atoms with Gasteiger partial charge in [-0.15, -0.1) is 0 Å². The van der Waals surface area contributed by atoms with E-state index in [1.165, 1.54) is 4.57 Å². The molecule has 35 heavy (non-hydrogen) atoms. The van der Waals surface area contributed by atoms with Gasteiger partial charge in [0.05, 0.1) is 11.0 Å². The Bertz CT molecular complexity index is 1140. The molecule has 2 aliphatic rings. The number of fused-ring (bicyclic) bond motifs is 1. The second-order valence-electron chi connectivity index (χ2n) is 9.94. The van der Waals surface area contributed by atoms with Gasteiger partial charge in [-0.1, -0.05) is 12.5 Å². The quantitative estimate of drug-likeness (QED) is 0.373. The maximum atomic E-state index is 12.9. The van der Waals surface area contributed by atoms with Gasteiger partial charge in [-0.25, -0.2) is 4.79 Å². The molecule has 3 N–H and O–H groups in total. The lowest BCUT2D eigenvalue weighted by Gasteiger charge is -2.27. The average molecular weight is 484 g/mol. The smallest absolute Gasteiger partial charge is 0.329 e. The van der Waals surface area contributed by atoms with E-state index in [-0.39, 0.29) is 29.8 Å². The predicted molar refractivity (Wildman–Crippen MR) is 134 cm³/mol. The average Bonchev–Trinajstić information content (AvgIpc) is 3.10. The summed E-state index contributed by atoms with van der Waals surface area (Å²) in [5.74, 6) is -0.354. The minimum absolute atomic E-state index is 0.158. The van der Waals surface area contributed by atoms with Gasteiger partial charge in [-0.2, -0.15) is 0 Å². The van der Waals surface area contributed by atoms with E-state index < -0.39 is 11.9 Å². The Kier molecular flexibility index (Phi) is 8.05. The third kappa shape index (κ3) is 5.66. The van der Waals surface area contributed by atoms with Gasteiger partial charge in [0.25, 0.3) is 0 Å². The van der Waals surface area contributed by atoms with Crippen molar-refractivity contribution in [2.24, 2.45) is 13.0 Å². The zero-order valence-electron chi connectivity index (χ0n) is 20.8. The van der Waals surface area contributed by atoms with Gasteiger partial charge in [-0.3, -0.25) is 28.8 Å². The molecule has 1 aliphatic heterocycles. The minimum atomic E-state index is -0.664. The molecule has 1 atom stereocenters. The summed E-state index contributed by atoms with van der Waals surface area (Å²) < 4.78 is 3.08. The SMILES string of the molecule is CNC1CCC(C(=O)NCCCCCc2ccc3c(c2)n(C)c(=O)n3C2CCC(=O)NC2=O)CC1. The predicted octanol–water partition coefficient (Wildman–Crippen LogP) is 1.92. The van der Waals surface area contributed by atoms with Crippen LogP contribution in [-0.4, -0.2) is 46.5 Å². The zero-order valence-corrected chi connectivity index (χ0v) is 20.8. The number of hydrogen-bond acceptors (Lipinski definition) is 5. The van der Waals surface area contributed by atoms with Gasteiger partial charge in [-0.05, 0) is 76.1 Å². The van der Waals surface area contributed by atoms with Gasteiger partial charge in [0.2, 0.25) is 17.7 Å². The molecular formula is C26H37N5O4. The Hall–Kier alpha value is -2.94. The highest BCUT2D eigenvalue weighted by Crippen LogP contribution is 2.25. The molecule has 1 saturated heterocycles. The van der Waals surface area contributed by atoms with E-state index >= 15 is 0 Å². The summed E-state index contributed by atoms with van der Waals surface area (Å²) in [7, 11) is 3.70. The largest absolute Gasteiger partial charge is 0.356 e. The van der Waals surface area contributed by atoms with E-state index in [2.05, 4.69) is 16.0 Å². The summed E-state index contributed by atoms with van der Waals surface area (Å²) in [6.45, 7) is 0.715. The first-order chi connectivity index (χ1) is 16.9. The van der Waals surface area contributed by atoms with Gasteiger partial charge in [0.15, 0.2) is 0 Å². The molecule has 2 heterocycles. The van der Waals surface area contributed by atoms with Crippen LogP contribution < -0.4 is 21.6 Å². The third-order valence-corrected chi connectivity index (χ3v) is 7.62. The van der Waals surface area contributed by atoms with Crippen LogP contribution in [0.25, 0.3) is 11.0 Å². The van der Waals surface area contributed by atoms with Crippen LogP contribution >= 0.6 is 0 Å². The van der Waals surface area contributed by atoms with Crippen molar-refractivity contribution in [3.63, 3.8) is 0 Å². The number of imidazole rings is 1. The number of benzene rings is 1. The number of carbonyl (C=O) groups excluding carboxylic acids is 3. The van der Waals surface area contributed by atoms with Crippen molar-refractivity contribution in [2.75, 3.05) is 13.6 Å². The fourth-order valence-corrected chi connectivity index (χ4v) is 5.43. The number of carbonyl (C=O) groups is 3. The zero-order chi connectivity index (χ0) is 24.9. The highest BCUT2D eigenvalue weighted by molar-refractivity contribution is 6.00. The lowest BCUT2D eigenvalue weighted by atomic mass is 9.85. The lowest BCUT2D eigenvalue weighted by Crippen LogP contribution is -2.44. The van der Waals surface area contributed by atoms with Crippen molar-refractivity contribution in [1.82, 2.24) is 25.1 Å². The Morgan fingerprint density at radius 2 is 1.80 bits per heavy atom. The van der Waals surface area contributed by atoms with E-state index in [9.17, 15) is 19.2 Å². The van der Waals surface area contributed by atoms with Crippen molar-refractivity contribution < 1.29 is 14.4 Å². The highest BCUT2D eigenvalue weighted by Gasteiger charge is 2.31. The molecule has 1 aromatic heterocycles. The van der Waals surface area contributed by atoms with Crippen LogP contribution in [0.4, 0.5) is 0 Å². The molecule has 1 aromatic carbocycles. The standard InChI is InChI=1S/C26H37N5O4/c1-27-19-10-8-18(9-11-19)24(33)28-15-5-3-4-6-17-7-12-20-22(16-17)30(2)26(35)31(20)21-13-14-23(32)29-25(21)34/h7,12,16,18-19,21,27H,3-6,8-11,13-15H2,1-2H3,(H,28,33)(H,29,32,34). The van der Waals surface area contributed by atoms with Crippen molar-refractivity contribution in [3.8, 4) is 0 Å². The van der Waals surface area contributed by atoms with Crippen molar-refractivity contribution >= 4 is 28.8 Å². The Morgan fingerprint density at radius 3 is 2.51 bits per heavy atom. The van der Waals surface area contributed by atoms with E-state index in [0.29, 0.717) is 24.5 Å².